The van der Waals surface area contributed by atoms with Gasteiger partial charge in [-0.1, -0.05) is 69.8 Å². The lowest BCUT2D eigenvalue weighted by Gasteiger charge is -2.32. The SMILES string of the molecule is CC1(CCCCCC(=O)O)CC=CC=CC=C2N(CCCCCC(=O)NC(CS(=O)(=O)O)C(=O)NC(CS(=O)(=O)O)C(=O)NC(CS(=O)(=O)O)C(=O)NCCCCCNC(=O)CCCCCNc3ccc(S(=O)(=O)O)cc31)c1ccc(S(=O)(=O)O)cc1C2(C)CCCCCC(=O)O. The van der Waals surface area contributed by atoms with Crippen LogP contribution >= 0.6 is 0 Å². The second-order valence-corrected chi connectivity index (χ2v) is 31.9. The quantitative estimate of drug-likeness (QED) is 0.0629. The van der Waals surface area contributed by atoms with Gasteiger partial charge in [-0.05, 0) is 143 Å². The normalized spacial score (nSPS) is 22.3. The lowest BCUT2D eigenvalue weighted by Crippen LogP contribution is -2.60. The lowest BCUT2D eigenvalue weighted by molar-refractivity contribution is -0.138. The highest BCUT2D eigenvalue weighted by atomic mass is 32.2. The van der Waals surface area contributed by atoms with E-state index in [0.29, 0.717) is 131 Å². The number of allylic oxidation sites excluding steroid dienone is 6. The molecule has 0 saturated carbocycles. The molecule has 2 heterocycles. The van der Waals surface area contributed by atoms with Gasteiger partial charge in [0.05, 0.1) is 9.79 Å². The number of carboxylic acid groups (broad SMARTS) is 2. The zero-order valence-electron chi connectivity index (χ0n) is 54.1. The Labute approximate surface area is 566 Å². The van der Waals surface area contributed by atoms with E-state index in [9.17, 15) is 109 Å². The predicted molar refractivity (Wildman–Crippen MR) is 357 cm³/mol. The van der Waals surface area contributed by atoms with Gasteiger partial charge in [0.2, 0.25) is 29.5 Å². The van der Waals surface area contributed by atoms with Crippen LogP contribution in [0.15, 0.2) is 82.3 Å². The van der Waals surface area contributed by atoms with Gasteiger partial charge in [0.15, 0.2) is 0 Å². The molecule has 36 heteroatoms. The topological polar surface area (TPSA) is 507 Å². The van der Waals surface area contributed by atoms with Crippen LogP contribution < -0.4 is 36.8 Å². The molecule has 5 amide bonds. The second kappa shape index (κ2) is 37.9. The maximum Gasteiger partial charge on any atom is 0.303 e. The number of anilines is 2. The highest BCUT2D eigenvalue weighted by molar-refractivity contribution is 7.86. The van der Waals surface area contributed by atoms with Crippen molar-refractivity contribution in [2.45, 2.75) is 194 Å². The molecule has 2 aromatic rings. The Morgan fingerprint density at radius 3 is 1.53 bits per heavy atom. The molecular weight excluding hydrogens is 1380 g/mol. The summed E-state index contributed by atoms with van der Waals surface area (Å²) in [4.78, 5) is 90.7. The number of nitrogens with zero attached hydrogens (tertiary/aromatic N) is 1. The Hall–Kier alpha value is -6.90. The van der Waals surface area contributed by atoms with E-state index in [1.807, 2.05) is 35.5 Å². The number of benzene rings is 2. The molecule has 544 valence electrons. The first-order valence-corrected chi connectivity index (χ1v) is 39.4. The first-order valence-electron chi connectivity index (χ1n) is 31.7. The van der Waals surface area contributed by atoms with E-state index in [1.54, 1.807) is 30.4 Å². The molecule has 2 aliphatic rings. The van der Waals surface area contributed by atoms with Gasteiger partial charge in [0.25, 0.3) is 50.6 Å². The molecule has 0 fully saturated rings. The van der Waals surface area contributed by atoms with Gasteiger partial charge in [0, 0.05) is 74.3 Å². The van der Waals surface area contributed by atoms with Crippen LogP contribution in [0.4, 0.5) is 11.4 Å². The van der Waals surface area contributed by atoms with E-state index < -0.39 is 144 Å². The maximum absolute atomic E-state index is 13.7. The Bertz CT molecular complexity index is 3790. The van der Waals surface area contributed by atoms with Gasteiger partial charge in [-0.15, -0.1) is 0 Å². The third kappa shape index (κ3) is 29.6. The van der Waals surface area contributed by atoms with E-state index in [2.05, 4.69) is 21.3 Å². The number of rotatable bonds is 20. The van der Waals surface area contributed by atoms with Crippen LogP contribution in [0.5, 0.6) is 0 Å². The van der Waals surface area contributed by atoms with Crippen LogP contribution in [0, 0.1) is 0 Å². The maximum atomic E-state index is 13.7. The monoisotopic (exact) mass is 1470 g/mol. The average Bonchev–Trinajstić information content (AvgIpc) is 1.59. The van der Waals surface area contributed by atoms with Crippen LogP contribution in [0.3, 0.4) is 0 Å². The van der Waals surface area contributed by atoms with E-state index in [-0.39, 0.29) is 69.0 Å². The summed E-state index contributed by atoms with van der Waals surface area (Å²) in [5, 5.41) is 33.1. The summed E-state index contributed by atoms with van der Waals surface area (Å²) in [6.45, 7) is 4.46. The van der Waals surface area contributed by atoms with Crippen LogP contribution in [-0.2, 0) is 95.0 Å². The molecule has 2 aliphatic heterocycles. The molecule has 0 bridgehead atoms. The van der Waals surface area contributed by atoms with Gasteiger partial charge in [-0.25, -0.2) is 0 Å². The van der Waals surface area contributed by atoms with Crippen molar-refractivity contribution >= 4 is 103 Å². The molecule has 0 radical (unpaired) electrons. The summed E-state index contributed by atoms with van der Waals surface area (Å²) in [7, 11) is -24.9. The van der Waals surface area contributed by atoms with Gasteiger partial charge in [0.1, 0.15) is 35.4 Å². The fraction of sp³-hybridized carbons (Fsp3) is 0.590. The van der Waals surface area contributed by atoms with Crippen molar-refractivity contribution in [3.63, 3.8) is 0 Å². The van der Waals surface area contributed by atoms with Gasteiger partial charge in [-0.3, -0.25) is 56.3 Å². The summed E-state index contributed by atoms with van der Waals surface area (Å²) in [6.07, 6.45) is 15.6. The molecule has 2 aromatic carbocycles. The third-order valence-corrected chi connectivity index (χ3v) is 20.5. The van der Waals surface area contributed by atoms with Crippen LogP contribution in [0.1, 0.15) is 166 Å². The molecule has 5 unspecified atom stereocenters. The highest BCUT2D eigenvalue weighted by Crippen LogP contribution is 2.51. The van der Waals surface area contributed by atoms with Gasteiger partial charge >= 0.3 is 11.9 Å². The van der Waals surface area contributed by atoms with Crippen LogP contribution in [0.25, 0.3) is 0 Å². The molecule has 0 aliphatic carbocycles. The fourth-order valence-corrected chi connectivity index (χ4v) is 14.5. The van der Waals surface area contributed by atoms with Crippen molar-refractivity contribution in [2.75, 3.05) is 53.7 Å². The van der Waals surface area contributed by atoms with Crippen LogP contribution in [0.2, 0.25) is 0 Å². The number of amides is 5. The van der Waals surface area contributed by atoms with Crippen molar-refractivity contribution in [1.82, 2.24) is 26.6 Å². The molecule has 13 N–H and O–H groups in total. The first-order chi connectivity index (χ1) is 45.2. The first kappa shape index (κ1) is 82.5. The molecule has 0 spiro atoms. The van der Waals surface area contributed by atoms with E-state index in [1.165, 1.54) is 30.3 Å². The Morgan fingerprint density at radius 2 is 0.979 bits per heavy atom. The van der Waals surface area contributed by atoms with Crippen molar-refractivity contribution < 1.29 is 109 Å². The Morgan fingerprint density at radius 1 is 0.505 bits per heavy atom. The Balaban J connectivity index is 1.78. The number of nitrogens with one attached hydrogen (secondary N) is 6. The third-order valence-electron chi connectivity index (χ3n) is 16.5. The van der Waals surface area contributed by atoms with E-state index in [0.717, 1.165) is 0 Å². The number of carbonyl (C=O) groups excluding carboxylic acids is 5. The second-order valence-electron chi connectivity index (χ2n) is 24.6. The Kier molecular flexibility index (Phi) is 32.2. The lowest BCUT2D eigenvalue weighted by atomic mass is 9.74. The molecular formula is C61H91N7O24S5. The zero-order chi connectivity index (χ0) is 72.4. The van der Waals surface area contributed by atoms with E-state index >= 15 is 0 Å². The summed E-state index contributed by atoms with van der Waals surface area (Å²) < 4.78 is 173. The number of carbonyl (C=O) groups is 7. The van der Waals surface area contributed by atoms with Crippen molar-refractivity contribution in [1.29, 1.82) is 0 Å². The van der Waals surface area contributed by atoms with Gasteiger partial charge in [-0.2, -0.15) is 42.1 Å². The number of aliphatic carboxylic acids is 2. The predicted octanol–water partition coefficient (Wildman–Crippen LogP) is 4.74. The van der Waals surface area contributed by atoms with Crippen molar-refractivity contribution in [3.05, 3.63) is 83.6 Å². The van der Waals surface area contributed by atoms with Gasteiger partial charge < -0.3 is 47.0 Å². The van der Waals surface area contributed by atoms with Crippen molar-refractivity contribution in [2.24, 2.45) is 0 Å². The largest absolute Gasteiger partial charge is 0.481 e. The van der Waals surface area contributed by atoms with E-state index in [4.69, 9.17) is 0 Å². The number of hydrogen-bond donors (Lipinski definition) is 13. The number of carboxylic acids is 2. The summed E-state index contributed by atoms with van der Waals surface area (Å²) in [6, 6.07) is 1.48. The molecule has 4 rings (SSSR count). The minimum atomic E-state index is -5.25. The fourth-order valence-electron chi connectivity index (χ4n) is 11.5. The minimum absolute atomic E-state index is 0.0428. The van der Waals surface area contributed by atoms with Crippen LogP contribution in [-0.4, -0.2) is 178 Å². The minimum Gasteiger partial charge on any atom is -0.481 e. The number of hydrogen-bond acceptors (Lipinski definition) is 19. The molecule has 97 heavy (non-hydrogen) atoms. The summed E-state index contributed by atoms with van der Waals surface area (Å²) >= 11 is 0. The molecule has 0 saturated heterocycles. The average molecular weight is 1470 g/mol. The smallest absolute Gasteiger partial charge is 0.303 e. The molecule has 31 nitrogen and oxygen atoms in total. The number of unbranched alkanes of at least 4 members (excludes halogenated alkanes) is 4. The molecule has 0 aromatic heterocycles. The summed E-state index contributed by atoms with van der Waals surface area (Å²) in [5.74, 6) is -12.4. The number of fused-ring (bicyclic) bond motifs is 4. The standard InChI is InChI=1S/C61H91N7O24S5/c1-60(32-16-5-13-25-55(71)72)31-15-4-3-10-22-52-61(2,33-17-6-14-26-56(73)74)46-39-44(97(90,91)92)28-30-51(46)68(52)37-21-8-12-24-54(70)65-49(41-94(81,82)83)58(76)67-50(42-95(84,85)86)59(77)66-48(40-93(78,79)80)57(75)64-36-20-9-19-35-63-53(69)23-11-7-18-34-62-47-29-27-43(38-45(47)60)96(87,88)89/h3-4,10,15,22,27-30,38-39,48-50,62H,5-9,11-14,16-21,23-26,31-37,40-42H2,1-2H3,(H,63,69)(H,64,75)(H,65,70)(H,66,77)(H,67,76)(H,71,72)(H,73,74)(H,78,79,80)(H,81,82,83)(H,84,85,86)(H,87,88,89)(H,90,91,92). The molecule has 5 atom stereocenters. The highest BCUT2D eigenvalue weighted by Gasteiger charge is 2.44. The summed E-state index contributed by atoms with van der Waals surface area (Å²) in [5.41, 5.74) is 0.991. The zero-order valence-corrected chi connectivity index (χ0v) is 58.2. The van der Waals surface area contributed by atoms with Crippen molar-refractivity contribution in [3.8, 4) is 0 Å².